The summed E-state index contributed by atoms with van der Waals surface area (Å²) in [4.78, 5) is 24.8. The van der Waals surface area contributed by atoms with E-state index in [1.807, 2.05) is 0 Å². The highest BCUT2D eigenvalue weighted by Crippen LogP contribution is 1.45. The third kappa shape index (κ3) is 223. The molecule has 0 aromatic rings. The normalized spacial score (nSPS) is 6.00. The molecule has 0 aliphatic rings. The van der Waals surface area contributed by atoms with Crippen LogP contribution in [0.1, 0.15) is 0 Å². The zero-order chi connectivity index (χ0) is 21.5. The van der Waals surface area contributed by atoms with Gasteiger partial charge in [-0.1, -0.05) is 0 Å². The van der Waals surface area contributed by atoms with Crippen LogP contribution in [0.3, 0.4) is 0 Å². The summed E-state index contributed by atoms with van der Waals surface area (Å²) >= 11 is 0. The zero-order valence-corrected chi connectivity index (χ0v) is 11.7. The van der Waals surface area contributed by atoms with E-state index < -0.39 is 15.3 Å². The van der Waals surface area contributed by atoms with Crippen molar-refractivity contribution in [1.82, 2.24) is 0 Å². The van der Waals surface area contributed by atoms with E-state index in [9.17, 15) is 0 Å². The third-order valence-corrected chi connectivity index (χ3v) is 0. The van der Waals surface area contributed by atoms with Gasteiger partial charge in [0.25, 0.3) is 0 Å². The first-order chi connectivity index (χ1) is 10.4. The summed E-state index contributed by atoms with van der Waals surface area (Å²) in [5, 5.41) is 58.0. The molecule has 18 N–H and O–H groups in total. The molecule has 21 nitrogen and oxygen atoms in total. The van der Waals surface area contributed by atoms with E-state index in [1.165, 1.54) is 0 Å². The van der Waals surface area contributed by atoms with E-state index in [1.54, 1.807) is 0 Å². The van der Waals surface area contributed by atoms with Gasteiger partial charge in [0.2, 0.25) is 0 Å². The Balaban J connectivity index is -0.0000000405. The Bertz CT molecular complexity index is 265. The maximum Gasteiger partial charge on any atom is 0.336 e. The monoisotopic (exact) mass is 366 g/mol. The highest BCUT2D eigenvalue weighted by Gasteiger charge is 1.64. The lowest BCUT2D eigenvalue weighted by Crippen LogP contribution is -2.51. The Morgan fingerprint density at radius 1 is 0.500 bits per heavy atom. The lowest BCUT2D eigenvalue weighted by Gasteiger charge is -1.74. The average Bonchev–Trinajstić information content (AvgIpc) is 2.08. The third-order valence-electron chi connectivity index (χ3n) is 0. The molecule has 0 unspecified atom stereocenters. The number of nitrogens with zero attached hydrogens (tertiary/aromatic N) is 3. The van der Waals surface area contributed by atoms with Gasteiger partial charge in [0.15, 0.2) is 0 Å². The molecule has 0 radical (unpaired) electrons. The molecule has 0 amide bonds. The molecular formula is C3H18N12O9. The van der Waals surface area contributed by atoms with E-state index in [2.05, 4.69) is 50.6 Å². The van der Waals surface area contributed by atoms with Gasteiger partial charge in [0, 0.05) is 0 Å². The van der Waals surface area contributed by atoms with Crippen LogP contribution in [0.4, 0.5) is 0 Å². The van der Waals surface area contributed by atoms with Crippen LogP contribution < -0.4 is 50.6 Å². The number of hydrogen-bond donors (Lipinski definition) is 9. The highest BCUT2D eigenvalue weighted by molar-refractivity contribution is 5.69. The molecule has 0 saturated carbocycles. The van der Waals surface area contributed by atoms with Crippen LogP contribution in [0.15, 0.2) is 0 Å². The van der Waals surface area contributed by atoms with Gasteiger partial charge in [-0.3, -0.25) is 50.6 Å². The number of hydrogen-bond acceptors (Lipinski definition) is 9. The molecule has 0 fully saturated rings. The molecule has 144 valence electrons. The molecule has 0 aromatic heterocycles. The van der Waals surface area contributed by atoms with Gasteiger partial charge >= 0.3 is 17.9 Å². The van der Waals surface area contributed by atoms with Gasteiger partial charge < -0.3 is 46.0 Å². The Hall–Kier alpha value is -4.59. The average molecular weight is 366 g/mol. The summed E-state index contributed by atoms with van der Waals surface area (Å²) in [6.07, 6.45) is 0. The number of guanidine groups is 3. The molecule has 0 heterocycles. The lowest BCUT2D eigenvalue weighted by atomic mass is 11.1. The smallest absolute Gasteiger partial charge is 0.336 e. The molecule has 0 aliphatic heterocycles. The molecule has 0 aliphatic carbocycles. The molecule has 24 heavy (non-hydrogen) atoms. The van der Waals surface area contributed by atoms with Crippen LogP contribution >= 0.6 is 0 Å². The van der Waals surface area contributed by atoms with Crippen molar-refractivity contribution in [2.24, 2.45) is 34.4 Å². The van der Waals surface area contributed by atoms with Crippen molar-refractivity contribution in [1.29, 1.82) is 0 Å². The van der Waals surface area contributed by atoms with Crippen LogP contribution in [0, 0.1) is 46.0 Å². The summed E-state index contributed by atoms with van der Waals surface area (Å²) in [5.74, 6) is -0.250. The predicted molar refractivity (Wildman–Crippen MR) is 77.0 cm³/mol. The largest absolute Gasteiger partial charge is 0.356 e. The van der Waals surface area contributed by atoms with Crippen LogP contribution in [0.5, 0.6) is 0 Å². The van der Waals surface area contributed by atoms with Crippen molar-refractivity contribution in [3.8, 4) is 0 Å². The van der Waals surface area contributed by atoms with E-state index in [0.717, 1.165) is 0 Å². The van der Waals surface area contributed by atoms with Crippen molar-refractivity contribution in [2.75, 3.05) is 0 Å². The lowest BCUT2D eigenvalue weighted by molar-refractivity contribution is -0.403. The second-order valence-electron chi connectivity index (χ2n) is 2.17. The Kier molecular flexibility index (Phi) is 47.3. The fraction of sp³-hybridized carbons (Fsp3) is 0. The first-order valence-corrected chi connectivity index (χ1v) is 4.24. The highest BCUT2D eigenvalue weighted by atomic mass is 16.9. The number of rotatable bonds is 0. The summed E-state index contributed by atoms with van der Waals surface area (Å²) in [6.45, 7) is 0. The van der Waals surface area contributed by atoms with Gasteiger partial charge in [0.05, 0.1) is 15.3 Å². The fourth-order valence-electron chi connectivity index (χ4n) is 0. The van der Waals surface area contributed by atoms with Crippen molar-refractivity contribution in [2.45, 2.75) is 0 Å². The molecule has 0 spiro atoms. The topological polar surface area (TPSA) is 431 Å². The molecule has 0 saturated heterocycles. The second kappa shape index (κ2) is 31.0. The number of nitrogens with two attached hydrogens (primary N) is 9. The van der Waals surface area contributed by atoms with E-state index >= 15 is 0 Å². The standard InChI is InChI=1S/3CH5N3.3NO3/c6*2-1(3)4/h3*(H5,2,3,4);;;/q;;;3*-1/p+3. The first-order valence-electron chi connectivity index (χ1n) is 4.24. The summed E-state index contributed by atoms with van der Waals surface area (Å²) in [5.41, 5.74) is 27.5. The predicted octanol–water partition coefficient (Wildman–Crippen LogP) is -9.66. The molecule has 21 heteroatoms. The zero-order valence-electron chi connectivity index (χ0n) is 11.7. The van der Waals surface area contributed by atoms with Gasteiger partial charge in [-0.25, -0.2) is 0 Å². The van der Waals surface area contributed by atoms with Crippen LogP contribution in [-0.4, -0.2) is 33.1 Å². The SMILES string of the molecule is NC(N)=[NH2+].NC(N)=[NH2+].NC(N)=[NH2+].O=[N+]([O-])[O-].O=[N+]([O-])[O-].O=[N+]([O-])[O-]. The minimum absolute atomic E-state index is 0.0833. The van der Waals surface area contributed by atoms with E-state index in [0.29, 0.717) is 0 Å². The maximum atomic E-state index is 8.25. The molecular weight excluding hydrogens is 348 g/mol. The maximum absolute atomic E-state index is 8.25. The fourth-order valence-corrected chi connectivity index (χ4v) is 0. The van der Waals surface area contributed by atoms with Gasteiger partial charge in [-0.15, -0.1) is 0 Å². The van der Waals surface area contributed by atoms with Crippen molar-refractivity contribution in [3.05, 3.63) is 46.0 Å². The first kappa shape index (κ1) is 36.6. The van der Waals surface area contributed by atoms with Crippen molar-refractivity contribution < 1.29 is 31.5 Å². The molecule has 0 atom stereocenters. The molecule has 0 aromatic carbocycles. The van der Waals surface area contributed by atoms with Crippen molar-refractivity contribution in [3.63, 3.8) is 0 Å². The van der Waals surface area contributed by atoms with E-state index in [-0.39, 0.29) is 17.9 Å². The Morgan fingerprint density at radius 2 is 0.500 bits per heavy atom. The Morgan fingerprint density at radius 3 is 0.500 bits per heavy atom. The van der Waals surface area contributed by atoms with Gasteiger partial charge in [-0.05, 0) is 0 Å². The summed E-state index contributed by atoms with van der Waals surface area (Å²) in [6, 6.07) is 0. The molecule has 0 rings (SSSR count). The van der Waals surface area contributed by atoms with Gasteiger partial charge in [-0.2, -0.15) is 0 Å². The second-order valence-corrected chi connectivity index (χ2v) is 2.17. The van der Waals surface area contributed by atoms with Crippen LogP contribution in [0.2, 0.25) is 0 Å². The minimum Gasteiger partial charge on any atom is -0.356 e. The quantitative estimate of drug-likeness (QED) is 0.0830. The van der Waals surface area contributed by atoms with Crippen molar-refractivity contribution >= 4 is 17.9 Å². The van der Waals surface area contributed by atoms with Crippen LogP contribution in [0.25, 0.3) is 0 Å². The molecule has 0 bridgehead atoms. The summed E-state index contributed by atoms with van der Waals surface area (Å²) < 4.78 is 0. The summed E-state index contributed by atoms with van der Waals surface area (Å²) in [7, 11) is 0. The van der Waals surface area contributed by atoms with E-state index in [4.69, 9.17) is 46.0 Å². The van der Waals surface area contributed by atoms with Gasteiger partial charge in [0.1, 0.15) is 0 Å². The Labute approximate surface area is 131 Å². The minimum atomic E-state index is -1.75. The van der Waals surface area contributed by atoms with Crippen LogP contribution in [-0.2, 0) is 0 Å².